The van der Waals surface area contributed by atoms with E-state index in [0.717, 1.165) is 5.71 Å². The van der Waals surface area contributed by atoms with Crippen LogP contribution in [0.3, 0.4) is 0 Å². The summed E-state index contributed by atoms with van der Waals surface area (Å²) < 4.78 is 0. The molecule has 0 aromatic heterocycles. The maximum Gasteiger partial charge on any atom is 0.100 e. The standard InChI is InChI=1S/C17H15Cl4N2/c1-10(22-16-12(18)5-3-6-13(16)19)9-11(2)23-17-14(20)7-4-8-15(17)21/h3-8,10H,9H2,1-2H3/q-1. The fraction of sp³-hybridized carbons (Fsp3) is 0.235. The molecule has 122 valence electrons. The summed E-state index contributed by atoms with van der Waals surface area (Å²) in [4.78, 5) is 4.51. The lowest BCUT2D eigenvalue weighted by Crippen LogP contribution is -2.06. The molecule has 0 aliphatic heterocycles. The van der Waals surface area contributed by atoms with Gasteiger partial charge in [0.2, 0.25) is 0 Å². The number of halogens is 4. The number of hydrogen-bond donors (Lipinski definition) is 0. The first kappa shape index (κ1) is 18.4. The summed E-state index contributed by atoms with van der Waals surface area (Å²) in [5.41, 5.74) is 2.06. The second-order valence-electron chi connectivity index (χ2n) is 5.17. The van der Waals surface area contributed by atoms with E-state index in [0.29, 0.717) is 37.9 Å². The number of aliphatic imine (C=N–C) groups is 1. The Labute approximate surface area is 156 Å². The lowest BCUT2D eigenvalue weighted by molar-refractivity contribution is 0.875. The highest BCUT2D eigenvalue weighted by Crippen LogP contribution is 2.38. The molecule has 2 rings (SSSR count). The molecule has 2 aromatic carbocycles. The summed E-state index contributed by atoms with van der Waals surface area (Å²) in [5, 5.41) is 6.69. The summed E-state index contributed by atoms with van der Waals surface area (Å²) >= 11 is 24.5. The first-order valence-corrected chi connectivity index (χ1v) is 8.52. The van der Waals surface area contributed by atoms with Gasteiger partial charge in [0, 0.05) is 15.8 Å². The maximum atomic E-state index is 6.14. The van der Waals surface area contributed by atoms with Crippen LogP contribution in [-0.2, 0) is 0 Å². The van der Waals surface area contributed by atoms with Gasteiger partial charge in [0.1, 0.15) is 5.69 Å². The predicted octanol–water partition coefficient (Wildman–Crippen LogP) is 7.88. The molecule has 0 aliphatic rings. The van der Waals surface area contributed by atoms with E-state index in [1.54, 1.807) is 36.4 Å². The van der Waals surface area contributed by atoms with Crippen molar-refractivity contribution >= 4 is 63.5 Å². The third-order valence-electron chi connectivity index (χ3n) is 3.12. The summed E-state index contributed by atoms with van der Waals surface area (Å²) in [7, 11) is 0. The van der Waals surface area contributed by atoms with Crippen molar-refractivity contribution in [3.8, 4) is 0 Å². The molecule has 0 N–H and O–H groups in total. The van der Waals surface area contributed by atoms with Crippen molar-refractivity contribution in [1.82, 2.24) is 0 Å². The molecule has 0 aliphatic carbocycles. The van der Waals surface area contributed by atoms with Gasteiger partial charge in [-0.1, -0.05) is 65.5 Å². The van der Waals surface area contributed by atoms with Gasteiger partial charge < -0.3 is 5.32 Å². The molecule has 2 nitrogen and oxygen atoms in total. The van der Waals surface area contributed by atoms with Crippen molar-refractivity contribution in [2.24, 2.45) is 4.99 Å². The average Bonchev–Trinajstić information content (AvgIpc) is 2.47. The van der Waals surface area contributed by atoms with Crippen molar-refractivity contribution in [2.45, 2.75) is 26.3 Å². The SMILES string of the molecule is CC(CC(C)[N-]c1c(Cl)cccc1Cl)=Nc1c(Cl)cccc1Cl. The smallest absolute Gasteiger partial charge is 0.100 e. The fourth-order valence-electron chi connectivity index (χ4n) is 2.14. The Balaban J connectivity index is 2.11. The fourth-order valence-corrected chi connectivity index (χ4v) is 3.12. The minimum atomic E-state index is -0.0302. The third-order valence-corrected chi connectivity index (χ3v) is 4.34. The van der Waals surface area contributed by atoms with E-state index in [1.165, 1.54) is 0 Å². The largest absolute Gasteiger partial charge is 0.679 e. The van der Waals surface area contributed by atoms with Crippen LogP contribution in [-0.4, -0.2) is 11.8 Å². The maximum absolute atomic E-state index is 6.14. The molecule has 23 heavy (non-hydrogen) atoms. The van der Waals surface area contributed by atoms with Gasteiger partial charge in [-0.2, -0.15) is 0 Å². The van der Waals surface area contributed by atoms with Gasteiger partial charge in [-0.25, -0.2) is 0 Å². The molecule has 0 spiro atoms. The van der Waals surface area contributed by atoms with Gasteiger partial charge in [0.25, 0.3) is 0 Å². The van der Waals surface area contributed by atoms with Crippen LogP contribution < -0.4 is 0 Å². The van der Waals surface area contributed by atoms with E-state index in [4.69, 9.17) is 46.4 Å². The van der Waals surface area contributed by atoms with Gasteiger partial charge in [-0.15, -0.1) is 11.7 Å². The average molecular weight is 389 g/mol. The molecule has 1 atom stereocenters. The van der Waals surface area contributed by atoms with Gasteiger partial charge in [0.05, 0.1) is 10.0 Å². The molecule has 6 heteroatoms. The Bertz CT molecular complexity index is 688. The van der Waals surface area contributed by atoms with E-state index < -0.39 is 0 Å². The van der Waals surface area contributed by atoms with Crippen LogP contribution in [0.2, 0.25) is 20.1 Å². The molecule has 0 heterocycles. The van der Waals surface area contributed by atoms with Crippen LogP contribution >= 0.6 is 46.4 Å². The van der Waals surface area contributed by atoms with Crippen LogP contribution in [0.25, 0.3) is 5.32 Å². The van der Waals surface area contributed by atoms with Crippen molar-refractivity contribution < 1.29 is 0 Å². The van der Waals surface area contributed by atoms with Crippen LogP contribution in [0.15, 0.2) is 41.4 Å². The van der Waals surface area contributed by atoms with E-state index in [2.05, 4.69) is 10.3 Å². The summed E-state index contributed by atoms with van der Waals surface area (Å²) in [6.07, 6.45) is 0.642. The number of para-hydroxylation sites is 2. The van der Waals surface area contributed by atoms with Crippen LogP contribution in [0.5, 0.6) is 0 Å². The second-order valence-corrected chi connectivity index (χ2v) is 6.80. The number of rotatable bonds is 5. The minimum Gasteiger partial charge on any atom is -0.679 e. The Kier molecular flexibility index (Phi) is 6.60. The van der Waals surface area contributed by atoms with Gasteiger partial charge in [-0.3, -0.25) is 4.99 Å². The molecule has 0 saturated carbocycles. The zero-order valence-electron chi connectivity index (χ0n) is 12.7. The Morgan fingerprint density at radius 1 is 0.957 bits per heavy atom. The molecule has 1 unspecified atom stereocenters. The van der Waals surface area contributed by atoms with Crippen molar-refractivity contribution in [2.75, 3.05) is 0 Å². The summed E-state index contributed by atoms with van der Waals surface area (Å²) in [6.45, 7) is 3.90. The highest BCUT2D eigenvalue weighted by Gasteiger charge is 2.05. The van der Waals surface area contributed by atoms with Crippen molar-refractivity contribution in [1.29, 1.82) is 0 Å². The van der Waals surface area contributed by atoms with E-state index in [9.17, 15) is 0 Å². The third kappa shape index (κ3) is 5.02. The first-order valence-electron chi connectivity index (χ1n) is 7.01. The van der Waals surface area contributed by atoms with Gasteiger partial charge in [-0.05, 0) is 37.6 Å². The van der Waals surface area contributed by atoms with Crippen LogP contribution in [0.4, 0.5) is 11.4 Å². The normalized spacial score (nSPS) is 13.0. The Morgan fingerprint density at radius 2 is 1.43 bits per heavy atom. The number of nitrogens with zero attached hydrogens (tertiary/aromatic N) is 2. The zero-order valence-corrected chi connectivity index (χ0v) is 15.7. The van der Waals surface area contributed by atoms with Gasteiger partial charge in [0.15, 0.2) is 0 Å². The van der Waals surface area contributed by atoms with E-state index in [1.807, 2.05) is 13.8 Å². The highest BCUT2D eigenvalue weighted by molar-refractivity contribution is 6.39. The van der Waals surface area contributed by atoms with Crippen LogP contribution in [0, 0.1) is 0 Å². The lowest BCUT2D eigenvalue weighted by atomic mass is 10.1. The second kappa shape index (κ2) is 8.25. The van der Waals surface area contributed by atoms with Crippen molar-refractivity contribution in [3.63, 3.8) is 0 Å². The zero-order chi connectivity index (χ0) is 17.0. The van der Waals surface area contributed by atoms with Crippen LogP contribution in [0.1, 0.15) is 20.3 Å². The Hall–Kier alpha value is -0.930. The Morgan fingerprint density at radius 3 is 1.96 bits per heavy atom. The van der Waals surface area contributed by atoms with Crippen molar-refractivity contribution in [3.05, 3.63) is 61.8 Å². The lowest BCUT2D eigenvalue weighted by Gasteiger charge is -2.31. The number of hydrogen-bond acceptors (Lipinski definition) is 1. The minimum absolute atomic E-state index is 0.0302. The molecule has 0 fully saturated rings. The molecular weight excluding hydrogens is 374 g/mol. The molecular formula is C17H15Cl4N2-. The molecule has 0 bridgehead atoms. The summed E-state index contributed by atoms with van der Waals surface area (Å²) in [6, 6.07) is 10.6. The van der Waals surface area contributed by atoms with Gasteiger partial charge >= 0.3 is 0 Å². The quantitative estimate of drug-likeness (QED) is 0.465. The monoisotopic (exact) mass is 387 g/mol. The van der Waals surface area contributed by atoms with E-state index >= 15 is 0 Å². The molecule has 2 aromatic rings. The first-order chi connectivity index (χ1) is 10.9. The topological polar surface area (TPSA) is 26.5 Å². The van der Waals surface area contributed by atoms with E-state index in [-0.39, 0.29) is 6.04 Å². The molecule has 0 saturated heterocycles. The molecule has 0 amide bonds. The highest BCUT2D eigenvalue weighted by atomic mass is 35.5. The summed E-state index contributed by atoms with van der Waals surface area (Å²) in [5.74, 6) is 0. The predicted molar refractivity (Wildman–Crippen MR) is 103 cm³/mol. The molecule has 0 radical (unpaired) electrons. The number of benzene rings is 2.